The molecule has 2 fully saturated rings. The summed E-state index contributed by atoms with van der Waals surface area (Å²) in [5.41, 5.74) is 4.07. The Kier molecular flexibility index (Phi) is 4.25. The normalized spacial score (nSPS) is 33.2. The number of carbonyl (C=O) groups is 1. The van der Waals surface area contributed by atoms with E-state index in [9.17, 15) is 4.79 Å². The summed E-state index contributed by atoms with van der Waals surface area (Å²) in [5.74, 6) is 0.644. The van der Waals surface area contributed by atoms with Gasteiger partial charge < -0.3 is 14.5 Å². The summed E-state index contributed by atoms with van der Waals surface area (Å²) in [6.45, 7) is 2.19. The second-order valence-corrected chi connectivity index (χ2v) is 8.38. The Bertz CT molecular complexity index is 860. The van der Waals surface area contributed by atoms with Gasteiger partial charge in [-0.3, -0.25) is 9.69 Å². The summed E-state index contributed by atoms with van der Waals surface area (Å²) in [7, 11) is 3.23. The molecule has 144 valence electrons. The third-order valence-electron chi connectivity index (χ3n) is 7.30. The first kappa shape index (κ1) is 17.3. The number of nitrogens with zero attached hydrogens (tertiary/aromatic N) is 1. The highest BCUT2D eigenvalue weighted by Crippen LogP contribution is 2.49. The van der Waals surface area contributed by atoms with Gasteiger partial charge in [-0.1, -0.05) is 18.2 Å². The van der Waals surface area contributed by atoms with E-state index in [1.807, 2.05) is 0 Å². The first-order valence-corrected chi connectivity index (χ1v) is 10.2. The van der Waals surface area contributed by atoms with Crippen LogP contribution in [-0.4, -0.2) is 49.3 Å². The summed E-state index contributed by atoms with van der Waals surface area (Å²) >= 11 is 0. The third kappa shape index (κ3) is 2.63. The van der Waals surface area contributed by atoms with Crippen LogP contribution in [0.1, 0.15) is 36.6 Å². The van der Waals surface area contributed by atoms with E-state index in [4.69, 9.17) is 9.47 Å². The predicted octanol–water partition coefficient (Wildman–Crippen LogP) is 3.30. The number of hydrogen-bond donors (Lipinski definition) is 1. The number of fused-ring (bicyclic) bond motifs is 6. The Balaban J connectivity index is 1.52. The quantitative estimate of drug-likeness (QED) is 0.827. The van der Waals surface area contributed by atoms with Gasteiger partial charge in [-0.05, 0) is 49.1 Å². The number of piperidine rings is 1. The first-order chi connectivity index (χ1) is 13.2. The fourth-order valence-corrected chi connectivity index (χ4v) is 6.05. The van der Waals surface area contributed by atoms with Gasteiger partial charge in [0, 0.05) is 36.8 Å². The van der Waals surface area contributed by atoms with Crippen LogP contribution in [0.25, 0.3) is 10.9 Å². The monoisotopic (exact) mass is 368 g/mol. The van der Waals surface area contributed by atoms with Crippen LogP contribution in [0.15, 0.2) is 24.3 Å². The van der Waals surface area contributed by atoms with E-state index in [1.54, 1.807) is 7.11 Å². The van der Waals surface area contributed by atoms with Crippen LogP contribution in [0.3, 0.4) is 0 Å². The number of esters is 1. The maximum Gasteiger partial charge on any atom is 0.311 e. The fraction of sp³-hybridized carbons (Fsp3) is 0.591. The molecule has 0 bridgehead atoms. The van der Waals surface area contributed by atoms with Crippen LogP contribution >= 0.6 is 0 Å². The Labute approximate surface area is 160 Å². The van der Waals surface area contributed by atoms with Crippen LogP contribution < -0.4 is 0 Å². The molecule has 0 unspecified atom stereocenters. The Morgan fingerprint density at radius 3 is 2.89 bits per heavy atom. The predicted molar refractivity (Wildman–Crippen MR) is 103 cm³/mol. The molecule has 1 saturated carbocycles. The average molecular weight is 368 g/mol. The average Bonchev–Trinajstić information content (AvgIpc) is 3.10. The maximum atomic E-state index is 12.6. The molecule has 3 heterocycles. The molecule has 1 aromatic carbocycles. The molecule has 1 aromatic heterocycles. The second kappa shape index (κ2) is 6.64. The van der Waals surface area contributed by atoms with E-state index in [0.29, 0.717) is 17.9 Å². The van der Waals surface area contributed by atoms with Crippen LogP contribution in [0.4, 0.5) is 0 Å². The Morgan fingerprint density at radius 1 is 1.22 bits per heavy atom. The summed E-state index contributed by atoms with van der Waals surface area (Å²) < 4.78 is 10.9. The smallest absolute Gasteiger partial charge is 0.311 e. The van der Waals surface area contributed by atoms with E-state index < -0.39 is 0 Å². The zero-order valence-electron chi connectivity index (χ0n) is 16.1. The minimum Gasteiger partial charge on any atom is -0.469 e. The molecule has 1 saturated heterocycles. The van der Waals surface area contributed by atoms with Gasteiger partial charge in [0.25, 0.3) is 0 Å². The number of benzene rings is 1. The molecule has 2 aliphatic heterocycles. The molecule has 5 heteroatoms. The van der Waals surface area contributed by atoms with Gasteiger partial charge in [0.1, 0.15) is 0 Å². The molecule has 1 N–H and O–H groups in total. The lowest BCUT2D eigenvalue weighted by Gasteiger charge is -2.51. The number of hydrogen-bond acceptors (Lipinski definition) is 4. The van der Waals surface area contributed by atoms with Gasteiger partial charge in [-0.25, -0.2) is 0 Å². The Hall–Kier alpha value is -1.85. The highest BCUT2D eigenvalue weighted by Gasteiger charge is 2.50. The first-order valence-electron chi connectivity index (χ1n) is 10.2. The molecule has 0 amide bonds. The largest absolute Gasteiger partial charge is 0.469 e. The molecular formula is C22H28N2O3. The lowest BCUT2D eigenvalue weighted by atomic mass is 9.65. The van der Waals surface area contributed by atoms with Gasteiger partial charge in [-0.2, -0.15) is 0 Å². The van der Waals surface area contributed by atoms with E-state index in [1.165, 1.54) is 29.3 Å². The second-order valence-electron chi connectivity index (χ2n) is 8.38. The molecule has 5 atom stereocenters. The summed E-state index contributed by atoms with van der Waals surface area (Å²) in [6.07, 6.45) is 4.18. The summed E-state index contributed by atoms with van der Waals surface area (Å²) in [6, 6.07) is 8.98. The molecule has 5 nitrogen and oxygen atoms in total. The van der Waals surface area contributed by atoms with Gasteiger partial charge in [0.05, 0.1) is 25.2 Å². The molecule has 1 aliphatic carbocycles. The number of para-hydroxylation sites is 1. The van der Waals surface area contributed by atoms with Crippen LogP contribution in [-0.2, 0) is 20.7 Å². The van der Waals surface area contributed by atoms with E-state index in [0.717, 1.165) is 38.8 Å². The number of aromatic nitrogens is 1. The van der Waals surface area contributed by atoms with Gasteiger partial charge in [0.2, 0.25) is 0 Å². The fourth-order valence-electron chi connectivity index (χ4n) is 6.05. The van der Waals surface area contributed by atoms with Crippen molar-refractivity contribution in [3.8, 4) is 0 Å². The number of H-pyrrole nitrogens is 1. The van der Waals surface area contributed by atoms with Gasteiger partial charge in [0.15, 0.2) is 0 Å². The molecule has 5 rings (SSSR count). The summed E-state index contributed by atoms with van der Waals surface area (Å²) in [5, 5.41) is 1.36. The van der Waals surface area contributed by atoms with Crippen molar-refractivity contribution in [3.63, 3.8) is 0 Å². The van der Waals surface area contributed by atoms with Crippen molar-refractivity contribution in [1.29, 1.82) is 0 Å². The molecule has 27 heavy (non-hydrogen) atoms. The highest BCUT2D eigenvalue weighted by molar-refractivity contribution is 5.85. The van der Waals surface area contributed by atoms with Crippen molar-refractivity contribution >= 4 is 16.9 Å². The Morgan fingerprint density at radius 2 is 2.07 bits per heavy atom. The molecule has 0 radical (unpaired) electrons. The van der Waals surface area contributed by atoms with Gasteiger partial charge >= 0.3 is 5.97 Å². The topological polar surface area (TPSA) is 54.6 Å². The number of rotatable bonds is 2. The van der Waals surface area contributed by atoms with Crippen molar-refractivity contribution in [2.45, 2.75) is 37.8 Å². The van der Waals surface area contributed by atoms with Crippen LogP contribution in [0.2, 0.25) is 0 Å². The van der Waals surface area contributed by atoms with Crippen LogP contribution in [0.5, 0.6) is 0 Å². The lowest BCUT2D eigenvalue weighted by Crippen LogP contribution is -2.53. The zero-order chi connectivity index (χ0) is 18.5. The van der Waals surface area contributed by atoms with Crippen molar-refractivity contribution < 1.29 is 14.3 Å². The van der Waals surface area contributed by atoms with Crippen molar-refractivity contribution in [2.75, 3.05) is 27.3 Å². The molecular weight excluding hydrogens is 340 g/mol. The standard InChI is InChI=1S/C22H28N2O3/c1-26-19-8-7-13-12-24-10-9-15-14-5-3-4-6-17(14)23-21(15)18(24)11-16(13)20(19)22(25)27-2/h3-6,13,16,18-20,23H,7-12H2,1-2H3/t13-,16-,18-,19-,20+/m0/s1. The minimum atomic E-state index is -0.143. The highest BCUT2D eigenvalue weighted by atomic mass is 16.5. The number of carbonyl (C=O) groups excluding carboxylic acids is 1. The lowest BCUT2D eigenvalue weighted by molar-refractivity contribution is -0.162. The van der Waals surface area contributed by atoms with Crippen LogP contribution in [0, 0.1) is 17.8 Å². The van der Waals surface area contributed by atoms with Crippen molar-refractivity contribution in [1.82, 2.24) is 9.88 Å². The summed E-state index contributed by atoms with van der Waals surface area (Å²) in [4.78, 5) is 19.0. The molecule has 3 aliphatic rings. The number of ether oxygens (including phenoxy) is 2. The van der Waals surface area contributed by atoms with E-state index in [-0.39, 0.29) is 18.0 Å². The molecule has 2 aromatic rings. The molecule has 0 spiro atoms. The SMILES string of the molecule is COC(=O)[C@@H]1[C@H]2C[C@H]3c4[nH]c5ccccc5c4CCN3C[C@@H]2CC[C@@H]1OC. The third-order valence-corrected chi connectivity index (χ3v) is 7.30. The van der Waals surface area contributed by atoms with E-state index in [2.05, 4.69) is 34.1 Å². The van der Waals surface area contributed by atoms with Crippen molar-refractivity contribution in [3.05, 3.63) is 35.5 Å². The minimum absolute atomic E-state index is 0.0176. The van der Waals surface area contributed by atoms with Crippen molar-refractivity contribution in [2.24, 2.45) is 17.8 Å². The number of nitrogens with one attached hydrogen (secondary N) is 1. The number of aromatic amines is 1. The zero-order valence-corrected chi connectivity index (χ0v) is 16.1. The maximum absolute atomic E-state index is 12.6. The number of methoxy groups -OCH3 is 2. The van der Waals surface area contributed by atoms with E-state index >= 15 is 0 Å². The van der Waals surface area contributed by atoms with Gasteiger partial charge in [-0.15, -0.1) is 0 Å².